The van der Waals surface area contributed by atoms with Gasteiger partial charge in [-0.25, -0.2) is 0 Å². The lowest BCUT2D eigenvalue weighted by molar-refractivity contribution is -0.0436. The fraction of sp³-hybridized carbons (Fsp3) is 1.00. The number of ether oxygens (including phenoxy) is 1. The highest BCUT2D eigenvalue weighted by Gasteiger charge is 2.24. The van der Waals surface area contributed by atoms with Gasteiger partial charge in [-0.3, -0.25) is 9.80 Å². The third kappa shape index (κ3) is 5.32. The molecule has 0 aliphatic carbocycles. The first-order valence-corrected chi connectivity index (χ1v) is 8.47. The van der Waals surface area contributed by atoms with E-state index in [1.54, 1.807) is 0 Å². The molecule has 0 aromatic heterocycles. The minimum atomic E-state index is 0.392. The van der Waals surface area contributed by atoms with Crippen molar-refractivity contribution in [1.82, 2.24) is 15.1 Å². The van der Waals surface area contributed by atoms with Crippen molar-refractivity contribution in [2.75, 3.05) is 52.4 Å². The molecular formula is C16H33N3O. The molecule has 1 N–H and O–H groups in total. The molecule has 2 aliphatic rings. The molecule has 0 bridgehead atoms. The number of likely N-dealkylation sites (N-methyl/N-ethyl adjacent to an activating group) is 1. The highest BCUT2D eigenvalue weighted by atomic mass is 16.5. The van der Waals surface area contributed by atoms with Crippen LogP contribution in [0.5, 0.6) is 0 Å². The summed E-state index contributed by atoms with van der Waals surface area (Å²) in [7, 11) is 0. The Morgan fingerprint density at radius 1 is 1.35 bits per heavy atom. The Morgan fingerprint density at radius 2 is 2.20 bits per heavy atom. The summed E-state index contributed by atoms with van der Waals surface area (Å²) in [5.74, 6) is 0.724. The summed E-state index contributed by atoms with van der Waals surface area (Å²) in [6.07, 6.45) is 3.06. The molecule has 20 heavy (non-hydrogen) atoms. The van der Waals surface area contributed by atoms with E-state index in [1.165, 1.54) is 32.5 Å². The van der Waals surface area contributed by atoms with E-state index in [4.69, 9.17) is 4.74 Å². The number of morpholine rings is 1. The van der Waals surface area contributed by atoms with E-state index in [0.717, 1.165) is 38.7 Å². The van der Waals surface area contributed by atoms with Crippen LogP contribution in [0.1, 0.15) is 33.6 Å². The standard InChI is InChI=1S/C16H33N3O/c1-4-18-8-9-20-16(12-18)13-19(10-14(2)3)11-15-6-5-7-17-15/h14-17H,4-13H2,1-3H3. The smallest absolute Gasteiger partial charge is 0.0829 e. The van der Waals surface area contributed by atoms with Gasteiger partial charge in [0, 0.05) is 38.8 Å². The number of hydrogen-bond donors (Lipinski definition) is 1. The average molecular weight is 283 g/mol. The van der Waals surface area contributed by atoms with Crippen LogP contribution in [0.3, 0.4) is 0 Å². The molecule has 4 heteroatoms. The quantitative estimate of drug-likeness (QED) is 0.765. The first-order valence-electron chi connectivity index (χ1n) is 8.47. The summed E-state index contributed by atoms with van der Waals surface area (Å²) in [5, 5.41) is 3.62. The Bertz CT molecular complexity index is 266. The molecular weight excluding hydrogens is 250 g/mol. The van der Waals surface area contributed by atoms with Crippen LogP contribution in [0.2, 0.25) is 0 Å². The molecule has 0 amide bonds. The first-order chi connectivity index (χ1) is 9.67. The van der Waals surface area contributed by atoms with Crippen molar-refractivity contribution in [1.29, 1.82) is 0 Å². The van der Waals surface area contributed by atoms with Crippen LogP contribution >= 0.6 is 0 Å². The summed E-state index contributed by atoms with van der Waals surface area (Å²) in [6.45, 7) is 15.8. The van der Waals surface area contributed by atoms with Crippen LogP contribution < -0.4 is 5.32 Å². The van der Waals surface area contributed by atoms with Crippen molar-refractivity contribution < 1.29 is 4.74 Å². The molecule has 2 heterocycles. The molecule has 2 saturated heterocycles. The Labute approximate surface area is 124 Å². The van der Waals surface area contributed by atoms with Crippen molar-refractivity contribution in [3.8, 4) is 0 Å². The predicted octanol–water partition coefficient (Wildman–Crippen LogP) is 1.42. The van der Waals surface area contributed by atoms with E-state index < -0.39 is 0 Å². The van der Waals surface area contributed by atoms with Crippen molar-refractivity contribution in [2.45, 2.75) is 45.8 Å². The lowest BCUT2D eigenvalue weighted by atomic mass is 10.1. The van der Waals surface area contributed by atoms with Crippen LogP contribution in [-0.4, -0.2) is 74.4 Å². The van der Waals surface area contributed by atoms with Crippen molar-refractivity contribution in [2.24, 2.45) is 5.92 Å². The predicted molar refractivity (Wildman–Crippen MR) is 84.2 cm³/mol. The maximum Gasteiger partial charge on any atom is 0.0829 e. The molecule has 118 valence electrons. The van der Waals surface area contributed by atoms with E-state index in [-0.39, 0.29) is 0 Å². The van der Waals surface area contributed by atoms with E-state index in [1.807, 2.05) is 0 Å². The van der Waals surface area contributed by atoms with Crippen LogP contribution in [0.25, 0.3) is 0 Å². The van der Waals surface area contributed by atoms with Gasteiger partial charge < -0.3 is 10.1 Å². The summed E-state index contributed by atoms with van der Waals surface area (Å²) >= 11 is 0. The summed E-state index contributed by atoms with van der Waals surface area (Å²) < 4.78 is 5.98. The lowest BCUT2D eigenvalue weighted by Crippen LogP contribution is -2.50. The molecule has 0 radical (unpaired) electrons. The van der Waals surface area contributed by atoms with Gasteiger partial charge in [-0.1, -0.05) is 20.8 Å². The van der Waals surface area contributed by atoms with E-state index in [0.29, 0.717) is 12.1 Å². The topological polar surface area (TPSA) is 27.7 Å². The van der Waals surface area contributed by atoms with Crippen molar-refractivity contribution in [3.63, 3.8) is 0 Å². The van der Waals surface area contributed by atoms with E-state index >= 15 is 0 Å². The Kier molecular flexibility index (Phi) is 6.75. The summed E-state index contributed by atoms with van der Waals surface area (Å²) in [5.41, 5.74) is 0. The summed E-state index contributed by atoms with van der Waals surface area (Å²) in [6, 6.07) is 0.694. The summed E-state index contributed by atoms with van der Waals surface area (Å²) in [4.78, 5) is 5.13. The van der Waals surface area contributed by atoms with Gasteiger partial charge in [-0.15, -0.1) is 0 Å². The van der Waals surface area contributed by atoms with Gasteiger partial charge in [0.2, 0.25) is 0 Å². The molecule has 2 rings (SSSR count). The van der Waals surface area contributed by atoms with Gasteiger partial charge in [0.05, 0.1) is 12.7 Å². The zero-order valence-electron chi connectivity index (χ0n) is 13.6. The van der Waals surface area contributed by atoms with Gasteiger partial charge in [-0.05, 0) is 31.8 Å². The first kappa shape index (κ1) is 16.2. The number of hydrogen-bond acceptors (Lipinski definition) is 4. The molecule has 2 unspecified atom stereocenters. The molecule has 0 aromatic rings. The zero-order chi connectivity index (χ0) is 14.4. The maximum absolute atomic E-state index is 5.98. The minimum absolute atomic E-state index is 0.392. The van der Waals surface area contributed by atoms with E-state index in [9.17, 15) is 0 Å². The minimum Gasteiger partial charge on any atom is -0.374 e. The third-order valence-corrected chi connectivity index (χ3v) is 4.40. The van der Waals surface area contributed by atoms with Gasteiger partial charge >= 0.3 is 0 Å². The second-order valence-electron chi connectivity index (χ2n) is 6.79. The maximum atomic E-state index is 5.98. The molecule has 4 nitrogen and oxygen atoms in total. The molecule has 2 aliphatic heterocycles. The van der Waals surface area contributed by atoms with Crippen molar-refractivity contribution in [3.05, 3.63) is 0 Å². The molecule has 0 aromatic carbocycles. The van der Waals surface area contributed by atoms with E-state index in [2.05, 4.69) is 35.9 Å². The fourth-order valence-electron chi connectivity index (χ4n) is 3.43. The Morgan fingerprint density at radius 3 is 2.85 bits per heavy atom. The van der Waals surface area contributed by atoms with Crippen LogP contribution in [0.4, 0.5) is 0 Å². The monoisotopic (exact) mass is 283 g/mol. The molecule has 2 fully saturated rings. The Hall–Kier alpha value is -0.160. The zero-order valence-corrected chi connectivity index (χ0v) is 13.6. The number of nitrogens with one attached hydrogen (secondary N) is 1. The van der Waals surface area contributed by atoms with Crippen molar-refractivity contribution >= 4 is 0 Å². The van der Waals surface area contributed by atoms with Gasteiger partial charge in [-0.2, -0.15) is 0 Å². The second-order valence-corrected chi connectivity index (χ2v) is 6.79. The van der Waals surface area contributed by atoms with Crippen LogP contribution in [0, 0.1) is 5.92 Å². The van der Waals surface area contributed by atoms with Gasteiger partial charge in [0.15, 0.2) is 0 Å². The number of nitrogens with zero attached hydrogens (tertiary/aromatic N) is 2. The molecule has 0 spiro atoms. The molecule has 0 saturated carbocycles. The third-order valence-electron chi connectivity index (χ3n) is 4.40. The fourth-order valence-corrected chi connectivity index (χ4v) is 3.43. The Balaban J connectivity index is 1.82. The highest BCUT2D eigenvalue weighted by molar-refractivity contribution is 4.81. The number of rotatable bonds is 7. The molecule has 2 atom stereocenters. The highest BCUT2D eigenvalue weighted by Crippen LogP contribution is 2.12. The van der Waals surface area contributed by atoms with Gasteiger partial charge in [0.1, 0.15) is 0 Å². The normalized spacial score (nSPS) is 28.6. The van der Waals surface area contributed by atoms with Crippen LogP contribution in [0.15, 0.2) is 0 Å². The van der Waals surface area contributed by atoms with Gasteiger partial charge in [0.25, 0.3) is 0 Å². The SMILES string of the molecule is CCN1CCOC(CN(CC(C)C)CC2CCCN2)C1. The second kappa shape index (κ2) is 8.32. The lowest BCUT2D eigenvalue weighted by Gasteiger charge is -2.36. The average Bonchev–Trinajstić information content (AvgIpc) is 2.91. The largest absolute Gasteiger partial charge is 0.374 e. The van der Waals surface area contributed by atoms with Crippen LogP contribution in [-0.2, 0) is 4.74 Å².